The molecule has 2 heterocycles. The topological polar surface area (TPSA) is 60.9 Å². The molecule has 24 heavy (non-hydrogen) atoms. The Morgan fingerprint density at radius 2 is 1.88 bits per heavy atom. The molecule has 5 nitrogen and oxygen atoms in total. The number of anilines is 1. The number of benzene rings is 1. The van der Waals surface area contributed by atoms with E-state index in [0.717, 1.165) is 29.7 Å². The van der Waals surface area contributed by atoms with Gasteiger partial charge in [0, 0.05) is 31.9 Å². The third-order valence-corrected chi connectivity index (χ3v) is 5.11. The van der Waals surface area contributed by atoms with Gasteiger partial charge in [0.1, 0.15) is 5.92 Å². The number of amides is 2. The van der Waals surface area contributed by atoms with Crippen molar-refractivity contribution in [2.75, 3.05) is 31.1 Å². The van der Waals surface area contributed by atoms with Gasteiger partial charge in [-0.05, 0) is 62.3 Å². The first kappa shape index (κ1) is 17.0. The quantitative estimate of drug-likeness (QED) is 0.861. The van der Waals surface area contributed by atoms with E-state index in [1.807, 2.05) is 26.0 Å². The molecule has 2 amide bonds. The highest BCUT2D eigenvalue weighted by Gasteiger charge is 2.40. The zero-order valence-electron chi connectivity index (χ0n) is 14.5. The molecule has 2 unspecified atom stereocenters. The Bertz CT molecular complexity index is 623. The van der Waals surface area contributed by atoms with Crippen molar-refractivity contribution in [3.8, 4) is 0 Å². The largest absolute Gasteiger partial charge is 0.396 e. The van der Waals surface area contributed by atoms with Gasteiger partial charge < -0.3 is 14.9 Å². The van der Waals surface area contributed by atoms with Crippen LogP contribution in [0.4, 0.5) is 5.69 Å². The molecule has 0 aliphatic carbocycles. The highest BCUT2D eigenvalue weighted by Crippen LogP contribution is 2.29. The fourth-order valence-corrected chi connectivity index (χ4v) is 3.91. The van der Waals surface area contributed by atoms with Gasteiger partial charge in [0.15, 0.2) is 0 Å². The Morgan fingerprint density at radius 1 is 1.17 bits per heavy atom. The first-order valence-corrected chi connectivity index (χ1v) is 8.79. The highest BCUT2D eigenvalue weighted by molar-refractivity contribution is 6.09. The lowest BCUT2D eigenvalue weighted by atomic mass is 9.97. The number of hydrogen-bond acceptors (Lipinski definition) is 3. The third-order valence-electron chi connectivity index (χ3n) is 5.11. The van der Waals surface area contributed by atoms with Crippen LogP contribution in [0.1, 0.15) is 30.4 Å². The van der Waals surface area contributed by atoms with Gasteiger partial charge in [-0.25, -0.2) is 0 Å². The van der Waals surface area contributed by atoms with Crippen LogP contribution in [-0.4, -0.2) is 48.1 Å². The van der Waals surface area contributed by atoms with Gasteiger partial charge in [0.05, 0.1) is 0 Å². The second-order valence-corrected chi connectivity index (χ2v) is 7.15. The van der Waals surface area contributed by atoms with Gasteiger partial charge in [-0.2, -0.15) is 0 Å². The van der Waals surface area contributed by atoms with E-state index in [2.05, 4.69) is 6.07 Å². The molecule has 130 valence electrons. The van der Waals surface area contributed by atoms with Crippen molar-refractivity contribution in [3.05, 3.63) is 29.3 Å². The molecule has 2 saturated heterocycles. The summed E-state index contributed by atoms with van der Waals surface area (Å²) < 4.78 is 0. The van der Waals surface area contributed by atoms with Crippen LogP contribution in [0.3, 0.4) is 0 Å². The summed E-state index contributed by atoms with van der Waals surface area (Å²) >= 11 is 0. The average Bonchev–Trinajstić information content (AvgIpc) is 2.95. The van der Waals surface area contributed by atoms with Crippen LogP contribution in [-0.2, 0) is 9.59 Å². The molecule has 0 bridgehead atoms. The van der Waals surface area contributed by atoms with Gasteiger partial charge in [-0.1, -0.05) is 6.07 Å². The summed E-state index contributed by atoms with van der Waals surface area (Å²) in [4.78, 5) is 29.1. The molecule has 5 heteroatoms. The van der Waals surface area contributed by atoms with E-state index in [-0.39, 0.29) is 24.3 Å². The second-order valence-electron chi connectivity index (χ2n) is 7.15. The molecule has 2 atom stereocenters. The van der Waals surface area contributed by atoms with Crippen LogP contribution in [0.25, 0.3) is 0 Å². The molecule has 1 aromatic rings. The van der Waals surface area contributed by atoms with Gasteiger partial charge in [0.25, 0.3) is 0 Å². The second kappa shape index (κ2) is 6.93. The number of aryl methyl sites for hydroxylation is 2. The van der Waals surface area contributed by atoms with Crippen LogP contribution in [0.2, 0.25) is 0 Å². The van der Waals surface area contributed by atoms with Gasteiger partial charge in [-0.3, -0.25) is 9.59 Å². The maximum absolute atomic E-state index is 12.8. The molecular weight excluding hydrogens is 304 g/mol. The first-order chi connectivity index (χ1) is 11.5. The number of rotatable bonds is 3. The molecule has 2 aliphatic heterocycles. The lowest BCUT2D eigenvalue weighted by molar-refractivity contribution is -0.141. The predicted molar refractivity (Wildman–Crippen MR) is 92.8 cm³/mol. The predicted octanol–water partition coefficient (Wildman–Crippen LogP) is 1.89. The fourth-order valence-electron chi connectivity index (χ4n) is 3.91. The zero-order valence-corrected chi connectivity index (χ0v) is 14.5. The van der Waals surface area contributed by atoms with Crippen LogP contribution < -0.4 is 4.90 Å². The van der Waals surface area contributed by atoms with Crippen molar-refractivity contribution in [2.24, 2.45) is 11.8 Å². The molecule has 3 rings (SSSR count). The van der Waals surface area contributed by atoms with E-state index in [4.69, 9.17) is 0 Å². The molecule has 2 fully saturated rings. The molecule has 1 aromatic carbocycles. The Labute approximate surface area is 143 Å². The van der Waals surface area contributed by atoms with Crippen LogP contribution in [0, 0.1) is 25.7 Å². The van der Waals surface area contributed by atoms with E-state index >= 15 is 0 Å². The number of carbonyl (C=O) groups excluding carboxylic acids is 2. The van der Waals surface area contributed by atoms with Crippen LogP contribution in [0.15, 0.2) is 18.2 Å². The van der Waals surface area contributed by atoms with E-state index in [1.54, 1.807) is 9.80 Å². The number of aliphatic hydroxyl groups is 1. The van der Waals surface area contributed by atoms with Crippen molar-refractivity contribution >= 4 is 17.5 Å². The number of hydrogen-bond donors (Lipinski definition) is 1. The van der Waals surface area contributed by atoms with Gasteiger partial charge in [0.2, 0.25) is 11.8 Å². The van der Waals surface area contributed by atoms with Crippen molar-refractivity contribution < 1.29 is 14.7 Å². The molecule has 0 radical (unpaired) electrons. The summed E-state index contributed by atoms with van der Waals surface area (Å²) in [5, 5.41) is 9.34. The maximum Gasteiger partial charge on any atom is 0.239 e. The minimum Gasteiger partial charge on any atom is -0.396 e. The normalized spacial score (nSPS) is 24.5. The minimum atomic E-state index is -0.566. The Morgan fingerprint density at radius 3 is 2.54 bits per heavy atom. The smallest absolute Gasteiger partial charge is 0.239 e. The summed E-state index contributed by atoms with van der Waals surface area (Å²) in [5.41, 5.74) is 3.13. The summed E-state index contributed by atoms with van der Waals surface area (Å²) in [6, 6.07) is 6.08. The number of carbonyl (C=O) groups is 2. The van der Waals surface area contributed by atoms with Crippen molar-refractivity contribution in [1.29, 1.82) is 0 Å². The molecular formula is C19H26N2O3. The summed E-state index contributed by atoms with van der Waals surface area (Å²) in [6.07, 6.45) is 2.43. The van der Waals surface area contributed by atoms with E-state index in [1.165, 1.54) is 0 Å². The molecule has 1 N–H and O–H groups in total. The lowest BCUT2D eigenvalue weighted by Crippen LogP contribution is -2.45. The van der Waals surface area contributed by atoms with Crippen LogP contribution >= 0.6 is 0 Å². The number of piperidine rings is 1. The van der Waals surface area contributed by atoms with E-state index < -0.39 is 5.92 Å². The maximum atomic E-state index is 12.8. The van der Waals surface area contributed by atoms with E-state index in [0.29, 0.717) is 26.1 Å². The monoisotopic (exact) mass is 330 g/mol. The first-order valence-electron chi connectivity index (χ1n) is 8.79. The molecule has 0 aromatic heterocycles. The highest BCUT2D eigenvalue weighted by atomic mass is 16.3. The van der Waals surface area contributed by atoms with E-state index in [9.17, 15) is 14.7 Å². The number of aliphatic hydroxyl groups excluding tert-OH is 1. The molecule has 0 saturated carbocycles. The van der Waals surface area contributed by atoms with Crippen molar-refractivity contribution in [3.63, 3.8) is 0 Å². The summed E-state index contributed by atoms with van der Waals surface area (Å²) in [5.74, 6) is -0.570. The lowest BCUT2D eigenvalue weighted by Gasteiger charge is -2.33. The van der Waals surface area contributed by atoms with Gasteiger partial charge in [-0.15, -0.1) is 0 Å². The Hall–Kier alpha value is -1.88. The number of likely N-dealkylation sites (tertiary alicyclic amines) is 1. The van der Waals surface area contributed by atoms with Crippen molar-refractivity contribution in [2.45, 2.75) is 33.1 Å². The average molecular weight is 330 g/mol. The SMILES string of the molecule is Cc1cc(C)cc(N2CCC(C(=O)N3CCCC(CO)C3)C2=O)c1. The van der Waals surface area contributed by atoms with Crippen molar-refractivity contribution in [1.82, 2.24) is 4.90 Å². The zero-order chi connectivity index (χ0) is 17.3. The summed E-state index contributed by atoms with van der Waals surface area (Å²) in [7, 11) is 0. The number of nitrogens with zero attached hydrogens (tertiary/aromatic N) is 2. The van der Waals surface area contributed by atoms with Crippen LogP contribution in [0.5, 0.6) is 0 Å². The third kappa shape index (κ3) is 3.31. The molecule has 2 aliphatic rings. The Kier molecular flexibility index (Phi) is 4.90. The fraction of sp³-hybridized carbons (Fsp3) is 0.579. The van der Waals surface area contributed by atoms with Gasteiger partial charge >= 0.3 is 0 Å². The molecule has 0 spiro atoms. The summed E-state index contributed by atoms with van der Waals surface area (Å²) in [6.45, 7) is 6.00. The minimum absolute atomic E-state index is 0.0648. The standard InChI is InChI=1S/C19H26N2O3/c1-13-8-14(2)10-16(9-13)21-7-5-17(19(21)24)18(23)20-6-3-4-15(11-20)12-22/h8-10,15,17,22H,3-7,11-12H2,1-2H3. The Balaban J connectivity index is 1.72.